The largest absolute Gasteiger partial charge is 0.466 e. The van der Waals surface area contributed by atoms with Gasteiger partial charge in [0.25, 0.3) is 0 Å². The zero-order valence-corrected chi connectivity index (χ0v) is 46.8. The molecule has 0 heterocycles. The molecule has 1 amide bonds. The van der Waals surface area contributed by atoms with E-state index < -0.39 is 12.1 Å². The summed E-state index contributed by atoms with van der Waals surface area (Å²) in [6, 6.07) is -0.539. The smallest absolute Gasteiger partial charge is 0.305 e. The lowest BCUT2D eigenvalue weighted by atomic mass is 10.0. The van der Waals surface area contributed by atoms with Crippen LogP contribution in [0, 0.1) is 0 Å². The van der Waals surface area contributed by atoms with Gasteiger partial charge in [-0.2, -0.15) is 0 Å². The van der Waals surface area contributed by atoms with E-state index in [1.165, 1.54) is 276 Å². The van der Waals surface area contributed by atoms with Crippen LogP contribution in [0.1, 0.15) is 354 Å². The molecular formula is C63H123NO5. The van der Waals surface area contributed by atoms with Crippen molar-refractivity contribution in [1.29, 1.82) is 0 Å². The molecule has 0 aliphatic rings. The number of unbranched alkanes of at least 4 members (excludes halogenated alkanes) is 46. The summed E-state index contributed by atoms with van der Waals surface area (Å²) in [5, 5.41) is 23.3. The van der Waals surface area contributed by atoms with E-state index in [2.05, 4.69) is 31.3 Å². The maximum absolute atomic E-state index is 12.5. The Balaban J connectivity index is 3.35. The number of ether oxygens (including phenoxy) is 1. The van der Waals surface area contributed by atoms with Crippen LogP contribution in [0.25, 0.3) is 0 Å². The first-order chi connectivity index (χ1) is 34.0. The predicted octanol–water partition coefficient (Wildman–Crippen LogP) is 19.6. The minimum absolute atomic E-state index is 0.00816. The highest BCUT2D eigenvalue weighted by atomic mass is 16.5. The molecule has 410 valence electrons. The van der Waals surface area contributed by atoms with Gasteiger partial charge >= 0.3 is 5.97 Å². The Morgan fingerprint density at radius 2 is 0.681 bits per heavy atom. The Hall–Kier alpha value is -1.40. The molecule has 0 fully saturated rings. The Morgan fingerprint density at radius 1 is 0.391 bits per heavy atom. The van der Waals surface area contributed by atoms with E-state index in [1.54, 1.807) is 0 Å². The van der Waals surface area contributed by atoms with Crippen molar-refractivity contribution >= 4 is 11.9 Å². The molecule has 69 heavy (non-hydrogen) atoms. The molecular weight excluding hydrogens is 851 g/mol. The number of aliphatic hydroxyl groups excluding tert-OH is 2. The topological polar surface area (TPSA) is 95.9 Å². The van der Waals surface area contributed by atoms with E-state index in [0.717, 1.165) is 44.9 Å². The highest BCUT2D eigenvalue weighted by molar-refractivity contribution is 5.76. The highest BCUT2D eigenvalue weighted by Gasteiger charge is 2.20. The SMILES string of the molecule is CCCCCCCC/C=C\CCCCCCCC(=O)OCCCCCCCCCCCCCCCCCCCCCCCCCCC(=O)NC(CO)C(O)CCCCCCCCCCCCCCC. The maximum atomic E-state index is 12.5. The maximum Gasteiger partial charge on any atom is 0.305 e. The van der Waals surface area contributed by atoms with Crippen LogP contribution < -0.4 is 5.32 Å². The van der Waals surface area contributed by atoms with Crippen molar-refractivity contribution in [2.45, 2.75) is 366 Å². The van der Waals surface area contributed by atoms with E-state index in [1.807, 2.05) is 0 Å². The summed E-state index contributed by atoms with van der Waals surface area (Å²) in [6.07, 6.45) is 70.8. The van der Waals surface area contributed by atoms with Gasteiger partial charge in [0.2, 0.25) is 5.91 Å². The zero-order valence-electron chi connectivity index (χ0n) is 46.8. The summed E-state index contributed by atoms with van der Waals surface area (Å²) in [5.41, 5.74) is 0. The van der Waals surface area contributed by atoms with Crippen LogP contribution >= 0.6 is 0 Å². The van der Waals surface area contributed by atoms with Crippen molar-refractivity contribution in [3.63, 3.8) is 0 Å². The van der Waals surface area contributed by atoms with Gasteiger partial charge in [0.05, 0.1) is 25.4 Å². The summed E-state index contributed by atoms with van der Waals surface area (Å²) >= 11 is 0. The fourth-order valence-electron chi connectivity index (χ4n) is 9.99. The number of hydrogen-bond donors (Lipinski definition) is 3. The monoisotopic (exact) mass is 974 g/mol. The normalized spacial score (nSPS) is 12.6. The van der Waals surface area contributed by atoms with Gasteiger partial charge in [-0.1, -0.05) is 302 Å². The molecule has 3 N–H and O–H groups in total. The van der Waals surface area contributed by atoms with Crippen molar-refractivity contribution in [2.24, 2.45) is 0 Å². The van der Waals surface area contributed by atoms with Crippen molar-refractivity contribution in [2.75, 3.05) is 13.2 Å². The van der Waals surface area contributed by atoms with Gasteiger partial charge in [0.15, 0.2) is 0 Å². The third-order valence-electron chi connectivity index (χ3n) is 14.8. The second-order valence-corrected chi connectivity index (χ2v) is 21.7. The second kappa shape index (κ2) is 59.2. The summed E-state index contributed by atoms with van der Waals surface area (Å²) in [6.45, 7) is 4.96. The average molecular weight is 975 g/mol. The number of carbonyl (C=O) groups excluding carboxylic acids is 2. The first kappa shape index (κ1) is 67.6. The van der Waals surface area contributed by atoms with E-state index in [0.29, 0.717) is 25.9 Å². The van der Waals surface area contributed by atoms with E-state index >= 15 is 0 Å². The van der Waals surface area contributed by atoms with Crippen LogP contribution in [-0.4, -0.2) is 47.4 Å². The second-order valence-electron chi connectivity index (χ2n) is 21.7. The van der Waals surface area contributed by atoms with Crippen LogP contribution in [-0.2, 0) is 14.3 Å². The minimum Gasteiger partial charge on any atom is -0.466 e. The number of carbonyl (C=O) groups is 2. The predicted molar refractivity (Wildman–Crippen MR) is 301 cm³/mol. The van der Waals surface area contributed by atoms with Gasteiger partial charge < -0.3 is 20.3 Å². The molecule has 0 aromatic heterocycles. The molecule has 6 heteroatoms. The number of rotatable bonds is 59. The molecule has 0 saturated carbocycles. The lowest BCUT2D eigenvalue weighted by Gasteiger charge is -2.22. The van der Waals surface area contributed by atoms with Crippen LogP contribution in [0.15, 0.2) is 12.2 Å². The number of amides is 1. The standard InChI is InChI=1S/C63H123NO5/c1-3-5-7-9-11-13-15-17-28-33-37-41-45-49-53-57-63(68)69-58-54-50-46-42-38-34-30-27-25-23-21-19-18-20-22-24-26-29-32-36-40-44-48-52-56-62(67)64-60(59-65)61(66)55-51-47-43-39-35-31-16-14-12-10-8-6-4-2/h17,28,60-61,65-66H,3-16,18-27,29-59H2,1-2H3,(H,64,67)/b28-17-. The molecule has 0 spiro atoms. The Labute approximate surface area is 431 Å². The van der Waals surface area contributed by atoms with E-state index in [4.69, 9.17) is 4.74 Å². The van der Waals surface area contributed by atoms with Crippen molar-refractivity contribution in [3.8, 4) is 0 Å². The number of hydrogen-bond acceptors (Lipinski definition) is 5. The summed E-state index contributed by atoms with van der Waals surface area (Å²) in [7, 11) is 0. The van der Waals surface area contributed by atoms with Gasteiger partial charge in [0, 0.05) is 12.8 Å². The summed E-state index contributed by atoms with van der Waals surface area (Å²) in [5.74, 6) is -0.0240. The van der Waals surface area contributed by atoms with Gasteiger partial charge in [-0.25, -0.2) is 0 Å². The first-order valence-corrected chi connectivity index (χ1v) is 31.4. The van der Waals surface area contributed by atoms with Crippen molar-refractivity contribution < 1.29 is 24.5 Å². The Bertz CT molecular complexity index is 1030. The zero-order chi connectivity index (χ0) is 50.0. The summed E-state index contributed by atoms with van der Waals surface area (Å²) in [4.78, 5) is 24.5. The summed E-state index contributed by atoms with van der Waals surface area (Å²) < 4.78 is 5.48. The third kappa shape index (κ3) is 55.8. The number of allylic oxidation sites excluding steroid dienone is 2. The van der Waals surface area contributed by atoms with Crippen LogP contribution in [0.2, 0.25) is 0 Å². The molecule has 0 saturated heterocycles. The van der Waals surface area contributed by atoms with E-state index in [9.17, 15) is 19.8 Å². The number of aliphatic hydroxyl groups is 2. The van der Waals surface area contributed by atoms with Gasteiger partial charge in [0.1, 0.15) is 0 Å². The lowest BCUT2D eigenvalue weighted by Crippen LogP contribution is -2.45. The fraction of sp³-hybridized carbons (Fsp3) is 0.937. The molecule has 0 radical (unpaired) electrons. The Morgan fingerprint density at radius 3 is 1.03 bits per heavy atom. The van der Waals surface area contributed by atoms with Crippen molar-refractivity contribution in [1.82, 2.24) is 5.32 Å². The number of nitrogens with one attached hydrogen (secondary N) is 1. The molecule has 2 unspecified atom stereocenters. The fourth-order valence-corrected chi connectivity index (χ4v) is 9.99. The Kier molecular flexibility index (Phi) is 58.0. The molecule has 0 bridgehead atoms. The molecule has 6 nitrogen and oxygen atoms in total. The third-order valence-corrected chi connectivity index (χ3v) is 14.8. The van der Waals surface area contributed by atoms with Crippen LogP contribution in [0.3, 0.4) is 0 Å². The molecule has 0 aromatic carbocycles. The molecule has 0 aliphatic heterocycles. The van der Waals surface area contributed by atoms with E-state index in [-0.39, 0.29) is 18.5 Å². The van der Waals surface area contributed by atoms with Gasteiger partial charge in [-0.3, -0.25) is 9.59 Å². The van der Waals surface area contributed by atoms with Gasteiger partial charge in [-0.15, -0.1) is 0 Å². The molecule has 0 aromatic rings. The lowest BCUT2D eigenvalue weighted by molar-refractivity contribution is -0.143. The minimum atomic E-state index is -0.662. The molecule has 0 aliphatic carbocycles. The van der Waals surface area contributed by atoms with Crippen LogP contribution in [0.4, 0.5) is 0 Å². The molecule has 0 rings (SSSR count). The average Bonchev–Trinajstić information content (AvgIpc) is 3.35. The quantitative estimate of drug-likeness (QED) is 0.0321. The van der Waals surface area contributed by atoms with Gasteiger partial charge in [-0.05, 0) is 51.4 Å². The molecule has 2 atom stereocenters. The van der Waals surface area contributed by atoms with Crippen molar-refractivity contribution in [3.05, 3.63) is 12.2 Å². The first-order valence-electron chi connectivity index (χ1n) is 31.4. The highest BCUT2D eigenvalue weighted by Crippen LogP contribution is 2.18. The van der Waals surface area contributed by atoms with Crippen LogP contribution in [0.5, 0.6) is 0 Å². The number of esters is 1.